The molecule has 2 aromatic heterocycles. The van der Waals surface area contributed by atoms with Crippen molar-refractivity contribution in [3.05, 3.63) is 22.3 Å². The summed E-state index contributed by atoms with van der Waals surface area (Å²) in [7, 11) is 0. The van der Waals surface area contributed by atoms with Crippen LogP contribution in [0.3, 0.4) is 0 Å². The zero-order valence-electron chi connectivity index (χ0n) is 7.85. The van der Waals surface area contributed by atoms with Crippen molar-refractivity contribution in [1.82, 2.24) is 20.2 Å². The number of nitrogens with zero attached hydrogens (tertiary/aromatic N) is 4. The van der Waals surface area contributed by atoms with Gasteiger partial charge in [0.15, 0.2) is 11.5 Å². The maximum absolute atomic E-state index is 5.96. The topological polar surface area (TPSA) is 104 Å². The van der Waals surface area contributed by atoms with Crippen molar-refractivity contribution in [3.8, 4) is 11.4 Å². The fraction of sp³-hybridized carbons (Fsp3) is 0. The molecule has 82 valence electrons. The first kappa shape index (κ1) is 10.8. The Bertz CT molecular complexity index is 544. The minimum atomic E-state index is -0.0144. The summed E-state index contributed by atoms with van der Waals surface area (Å²) in [5.74, 6) is 0.0866. The van der Waals surface area contributed by atoms with Crippen LogP contribution < -0.4 is 11.5 Å². The molecule has 4 N–H and O–H groups in total. The van der Waals surface area contributed by atoms with Gasteiger partial charge in [0, 0.05) is 6.20 Å². The summed E-state index contributed by atoms with van der Waals surface area (Å²) in [6.07, 6.45) is 1.49. The molecule has 0 fully saturated rings. The SMILES string of the molecule is Nc1nnc(-c2nccc(Cl)c2Cl)c(N)n1. The number of aromatic nitrogens is 4. The molecule has 0 aromatic carbocycles. The monoisotopic (exact) mass is 256 g/mol. The van der Waals surface area contributed by atoms with E-state index in [0.717, 1.165) is 0 Å². The van der Waals surface area contributed by atoms with Gasteiger partial charge in [0.25, 0.3) is 0 Å². The quantitative estimate of drug-likeness (QED) is 0.800. The molecule has 0 amide bonds. The van der Waals surface area contributed by atoms with Crippen LogP contribution in [0.2, 0.25) is 10.0 Å². The lowest BCUT2D eigenvalue weighted by molar-refractivity contribution is 0.992. The minimum Gasteiger partial charge on any atom is -0.382 e. The smallest absolute Gasteiger partial charge is 0.242 e. The van der Waals surface area contributed by atoms with E-state index in [1.165, 1.54) is 6.20 Å². The van der Waals surface area contributed by atoms with Gasteiger partial charge in [-0.2, -0.15) is 4.98 Å². The Morgan fingerprint density at radius 3 is 2.50 bits per heavy atom. The first-order valence-corrected chi connectivity index (χ1v) is 4.91. The number of nitrogen functional groups attached to an aromatic ring is 2. The first-order chi connectivity index (χ1) is 7.59. The van der Waals surface area contributed by atoms with E-state index in [2.05, 4.69) is 20.2 Å². The Balaban J connectivity index is 2.63. The lowest BCUT2D eigenvalue weighted by atomic mass is 10.2. The second-order valence-corrected chi connectivity index (χ2v) is 3.64. The number of hydrogen-bond donors (Lipinski definition) is 2. The normalized spacial score (nSPS) is 10.4. The third-order valence-corrected chi connectivity index (χ3v) is 2.59. The fourth-order valence-electron chi connectivity index (χ4n) is 1.11. The van der Waals surface area contributed by atoms with Crippen LogP contribution in [-0.2, 0) is 0 Å². The van der Waals surface area contributed by atoms with E-state index in [4.69, 9.17) is 34.7 Å². The van der Waals surface area contributed by atoms with E-state index in [1.54, 1.807) is 6.07 Å². The Morgan fingerprint density at radius 1 is 1.06 bits per heavy atom. The molecule has 8 heteroatoms. The molecule has 0 unspecified atom stereocenters. The van der Waals surface area contributed by atoms with E-state index >= 15 is 0 Å². The number of rotatable bonds is 1. The second kappa shape index (κ2) is 4.07. The van der Waals surface area contributed by atoms with Crippen molar-refractivity contribution in [1.29, 1.82) is 0 Å². The number of nitrogens with two attached hydrogens (primary N) is 2. The largest absolute Gasteiger partial charge is 0.382 e. The lowest BCUT2D eigenvalue weighted by Gasteiger charge is -2.05. The highest BCUT2D eigenvalue weighted by Gasteiger charge is 2.14. The van der Waals surface area contributed by atoms with Gasteiger partial charge in [-0.05, 0) is 6.07 Å². The lowest BCUT2D eigenvalue weighted by Crippen LogP contribution is -2.05. The molecule has 2 aromatic rings. The zero-order chi connectivity index (χ0) is 11.7. The van der Waals surface area contributed by atoms with Crippen LogP contribution in [0, 0.1) is 0 Å². The highest BCUT2D eigenvalue weighted by molar-refractivity contribution is 6.43. The first-order valence-electron chi connectivity index (χ1n) is 4.15. The number of halogens is 2. The van der Waals surface area contributed by atoms with E-state index in [-0.39, 0.29) is 22.5 Å². The van der Waals surface area contributed by atoms with Gasteiger partial charge in [0.2, 0.25) is 5.95 Å². The van der Waals surface area contributed by atoms with E-state index in [0.29, 0.717) is 10.7 Å². The van der Waals surface area contributed by atoms with Crippen molar-refractivity contribution < 1.29 is 0 Å². The van der Waals surface area contributed by atoms with Crippen molar-refractivity contribution in [2.45, 2.75) is 0 Å². The summed E-state index contributed by atoms with van der Waals surface area (Å²) in [4.78, 5) is 7.78. The Labute approximate surface area is 101 Å². The molecular formula is C8H6Cl2N6. The molecule has 0 aliphatic heterocycles. The van der Waals surface area contributed by atoms with Gasteiger partial charge in [-0.25, -0.2) is 0 Å². The molecule has 2 rings (SSSR count). The van der Waals surface area contributed by atoms with Crippen LogP contribution in [0.5, 0.6) is 0 Å². The van der Waals surface area contributed by atoms with Crippen molar-refractivity contribution in [2.75, 3.05) is 11.5 Å². The maximum atomic E-state index is 5.96. The van der Waals surface area contributed by atoms with E-state index in [1.807, 2.05) is 0 Å². The summed E-state index contributed by atoms with van der Waals surface area (Å²) in [5, 5.41) is 7.96. The molecule has 2 heterocycles. The van der Waals surface area contributed by atoms with Crippen LogP contribution in [0.25, 0.3) is 11.4 Å². The van der Waals surface area contributed by atoms with Gasteiger partial charge < -0.3 is 11.5 Å². The molecular weight excluding hydrogens is 251 g/mol. The van der Waals surface area contributed by atoms with Gasteiger partial charge >= 0.3 is 0 Å². The van der Waals surface area contributed by atoms with Crippen LogP contribution in [0.15, 0.2) is 12.3 Å². The third-order valence-electron chi connectivity index (χ3n) is 1.80. The number of pyridine rings is 1. The molecule has 0 saturated carbocycles. The van der Waals surface area contributed by atoms with Crippen molar-refractivity contribution in [2.24, 2.45) is 0 Å². The van der Waals surface area contributed by atoms with Gasteiger partial charge in [-0.15, -0.1) is 10.2 Å². The Morgan fingerprint density at radius 2 is 1.81 bits per heavy atom. The zero-order valence-corrected chi connectivity index (χ0v) is 9.37. The Hall–Kier alpha value is -1.66. The van der Waals surface area contributed by atoms with E-state index < -0.39 is 0 Å². The third kappa shape index (κ3) is 1.84. The summed E-state index contributed by atoms with van der Waals surface area (Å²) in [5.41, 5.74) is 11.5. The molecule has 0 atom stereocenters. The van der Waals surface area contributed by atoms with Gasteiger partial charge in [-0.3, -0.25) is 4.98 Å². The molecule has 16 heavy (non-hydrogen) atoms. The number of anilines is 2. The summed E-state index contributed by atoms with van der Waals surface area (Å²) in [6, 6.07) is 1.56. The van der Waals surface area contributed by atoms with E-state index in [9.17, 15) is 0 Å². The van der Waals surface area contributed by atoms with Gasteiger partial charge in [0.1, 0.15) is 5.69 Å². The molecule has 0 saturated heterocycles. The second-order valence-electron chi connectivity index (χ2n) is 2.86. The number of hydrogen-bond acceptors (Lipinski definition) is 6. The molecule has 0 aliphatic rings. The molecule has 0 spiro atoms. The van der Waals surface area contributed by atoms with Crippen molar-refractivity contribution >= 4 is 35.0 Å². The maximum Gasteiger partial charge on any atom is 0.242 e. The highest BCUT2D eigenvalue weighted by atomic mass is 35.5. The summed E-state index contributed by atoms with van der Waals surface area (Å²) >= 11 is 11.8. The molecule has 0 bridgehead atoms. The van der Waals surface area contributed by atoms with Crippen LogP contribution in [-0.4, -0.2) is 20.2 Å². The van der Waals surface area contributed by atoms with Crippen LogP contribution in [0.1, 0.15) is 0 Å². The van der Waals surface area contributed by atoms with Crippen LogP contribution >= 0.6 is 23.2 Å². The molecule has 0 radical (unpaired) electrons. The standard InChI is InChI=1S/C8H6Cl2N6/c9-3-1-2-13-5(4(3)10)6-7(11)14-8(12)16-15-6/h1-2H,(H4,11,12,14,16). The summed E-state index contributed by atoms with van der Waals surface area (Å²) < 4.78 is 0. The fourth-order valence-corrected chi connectivity index (χ4v) is 1.45. The van der Waals surface area contributed by atoms with Gasteiger partial charge in [-0.1, -0.05) is 23.2 Å². The van der Waals surface area contributed by atoms with Crippen molar-refractivity contribution in [3.63, 3.8) is 0 Å². The molecule has 6 nitrogen and oxygen atoms in total. The highest BCUT2D eigenvalue weighted by Crippen LogP contribution is 2.32. The average Bonchev–Trinajstić information content (AvgIpc) is 2.23. The minimum absolute atomic E-state index is 0.0144. The predicted molar refractivity (Wildman–Crippen MR) is 61.9 cm³/mol. The van der Waals surface area contributed by atoms with Crippen LogP contribution in [0.4, 0.5) is 11.8 Å². The summed E-state index contributed by atoms with van der Waals surface area (Å²) in [6.45, 7) is 0. The van der Waals surface area contributed by atoms with Gasteiger partial charge in [0.05, 0.1) is 10.0 Å². The average molecular weight is 257 g/mol. The Kier molecular flexibility index (Phi) is 2.76. The molecule has 0 aliphatic carbocycles. The predicted octanol–water partition coefficient (Wildman–Crippen LogP) is 1.40.